The minimum absolute atomic E-state index is 0.0333. The van der Waals surface area contributed by atoms with E-state index < -0.39 is 0 Å². The van der Waals surface area contributed by atoms with Gasteiger partial charge in [0.15, 0.2) is 0 Å². The summed E-state index contributed by atoms with van der Waals surface area (Å²) >= 11 is 0. The number of fused-ring (bicyclic) bond motifs is 1. The van der Waals surface area contributed by atoms with Crippen molar-refractivity contribution >= 4 is 22.6 Å². The zero-order valence-electron chi connectivity index (χ0n) is 13.4. The summed E-state index contributed by atoms with van der Waals surface area (Å²) in [7, 11) is 0. The van der Waals surface area contributed by atoms with E-state index in [1.54, 1.807) is 18.2 Å². The van der Waals surface area contributed by atoms with Crippen LogP contribution in [0.2, 0.25) is 0 Å². The third-order valence-electron chi connectivity index (χ3n) is 3.95. The third-order valence-corrected chi connectivity index (χ3v) is 3.95. The van der Waals surface area contributed by atoms with E-state index in [2.05, 4.69) is 34.0 Å². The number of imidazole rings is 1. The van der Waals surface area contributed by atoms with Gasteiger partial charge in [0, 0.05) is 31.7 Å². The fourth-order valence-corrected chi connectivity index (χ4v) is 3.06. The minimum atomic E-state index is -0.251. The van der Waals surface area contributed by atoms with Crippen LogP contribution in [-0.2, 0) is 9.53 Å². The molecule has 1 aliphatic rings. The number of carbonyl (C=O) groups excluding carboxylic acids is 1. The molecule has 0 bridgehead atoms. The number of hydrogen-bond acceptors (Lipinski definition) is 4. The molecule has 1 amide bonds. The molecule has 3 N–H and O–H groups in total. The quantitative estimate of drug-likeness (QED) is 0.792. The van der Waals surface area contributed by atoms with Crippen LogP contribution >= 0.6 is 0 Å². The molecule has 7 nitrogen and oxygen atoms in total. The van der Waals surface area contributed by atoms with E-state index >= 15 is 0 Å². The predicted molar refractivity (Wildman–Crippen MR) is 88.6 cm³/mol. The Morgan fingerprint density at radius 1 is 1.26 bits per heavy atom. The van der Waals surface area contributed by atoms with Gasteiger partial charge in [-0.3, -0.25) is 9.69 Å². The van der Waals surface area contributed by atoms with Crippen molar-refractivity contribution in [3.8, 4) is 0 Å². The van der Waals surface area contributed by atoms with Gasteiger partial charge in [0.25, 0.3) is 0 Å². The van der Waals surface area contributed by atoms with Crippen LogP contribution in [0.3, 0.4) is 0 Å². The van der Waals surface area contributed by atoms with Gasteiger partial charge in [-0.05, 0) is 32.0 Å². The van der Waals surface area contributed by atoms with Crippen molar-refractivity contribution in [3.05, 3.63) is 28.7 Å². The van der Waals surface area contributed by atoms with Crippen LogP contribution in [0.25, 0.3) is 11.0 Å². The molecule has 7 heteroatoms. The second-order valence-electron chi connectivity index (χ2n) is 6.15. The number of hydrogen-bond donors (Lipinski definition) is 3. The number of benzene rings is 1. The maximum absolute atomic E-state index is 12.1. The summed E-state index contributed by atoms with van der Waals surface area (Å²) in [6.07, 6.45) is 0.838. The van der Waals surface area contributed by atoms with Crippen LogP contribution in [-0.4, -0.2) is 52.6 Å². The van der Waals surface area contributed by atoms with Gasteiger partial charge >= 0.3 is 5.69 Å². The number of amides is 1. The normalized spacial score (nSPS) is 22.3. The van der Waals surface area contributed by atoms with Gasteiger partial charge in [-0.1, -0.05) is 0 Å². The van der Waals surface area contributed by atoms with Gasteiger partial charge < -0.3 is 20.0 Å². The van der Waals surface area contributed by atoms with Gasteiger partial charge in [-0.25, -0.2) is 4.79 Å². The van der Waals surface area contributed by atoms with Crippen LogP contribution in [0, 0.1) is 0 Å². The molecule has 0 spiro atoms. The Balaban J connectivity index is 1.54. The number of nitrogens with zero attached hydrogens (tertiary/aromatic N) is 1. The molecule has 1 saturated heterocycles. The highest BCUT2D eigenvalue weighted by atomic mass is 16.5. The first-order chi connectivity index (χ1) is 11.0. The lowest BCUT2D eigenvalue weighted by Gasteiger charge is -2.35. The van der Waals surface area contributed by atoms with Crippen LogP contribution in [0.4, 0.5) is 5.69 Å². The fraction of sp³-hybridized carbons (Fsp3) is 0.500. The van der Waals surface area contributed by atoms with E-state index in [-0.39, 0.29) is 23.8 Å². The van der Waals surface area contributed by atoms with Crippen molar-refractivity contribution in [3.63, 3.8) is 0 Å². The van der Waals surface area contributed by atoms with Gasteiger partial charge in [0.2, 0.25) is 5.91 Å². The van der Waals surface area contributed by atoms with Gasteiger partial charge in [0.05, 0.1) is 23.2 Å². The summed E-state index contributed by atoms with van der Waals surface area (Å²) in [5.74, 6) is -0.0333. The first-order valence-corrected chi connectivity index (χ1v) is 7.89. The zero-order chi connectivity index (χ0) is 16.4. The summed E-state index contributed by atoms with van der Waals surface area (Å²) in [6.45, 7) is 6.53. The molecule has 2 atom stereocenters. The second kappa shape index (κ2) is 6.55. The largest absolute Gasteiger partial charge is 0.373 e. The Bertz CT molecular complexity index is 741. The topological polar surface area (TPSA) is 90.2 Å². The molecule has 1 aromatic carbocycles. The van der Waals surface area contributed by atoms with E-state index in [1.165, 1.54) is 0 Å². The lowest BCUT2D eigenvalue weighted by Crippen LogP contribution is -2.46. The Hall–Kier alpha value is -2.12. The minimum Gasteiger partial charge on any atom is -0.373 e. The first kappa shape index (κ1) is 15.8. The number of anilines is 1. The van der Waals surface area contributed by atoms with Crippen molar-refractivity contribution in [1.82, 2.24) is 14.9 Å². The van der Waals surface area contributed by atoms with E-state index in [0.717, 1.165) is 18.6 Å². The molecule has 23 heavy (non-hydrogen) atoms. The Morgan fingerprint density at radius 2 is 1.96 bits per heavy atom. The number of H-pyrrole nitrogens is 2. The van der Waals surface area contributed by atoms with Crippen molar-refractivity contribution < 1.29 is 9.53 Å². The highest BCUT2D eigenvalue weighted by Gasteiger charge is 2.22. The van der Waals surface area contributed by atoms with Crippen molar-refractivity contribution in [2.24, 2.45) is 0 Å². The molecular weight excluding hydrogens is 296 g/mol. The number of carbonyl (C=O) groups is 1. The molecule has 0 saturated carbocycles. The molecular formula is C16H22N4O3. The monoisotopic (exact) mass is 318 g/mol. The Labute approximate surface area is 134 Å². The maximum atomic E-state index is 12.1. The molecule has 0 unspecified atom stereocenters. The summed E-state index contributed by atoms with van der Waals surface area (Å²) < 4.78 is 5.69. The fourth-order valence-electron chi connectivity index (χ4n) is 3.06. The maximum Gasteiger partial charge on any atom is 0.323 e. The number of morpholine rings is 1. The van der Waals surface area contributed by atoms with Crippen molar-refractivity contribution in [2.45, 2.75) is 32.5 Å². The Morgan fingerprint density at radius 3 is 2.70 bits per heavy atom. The molecule has 1 aromatic heterocycles. The number of nitrogens with one attached hydrogen (secondary N) is 3. The van der Waals surface area contributed by atoms with Gasteiger partial charge in [0.1, 0.15) is 0 Å². The molecule has 0 radical (unpaired) electrons. The zero-order valence-corrected chi connectivity index (χ0v) is 13.4. The SMILES string of the molecule is C[C@@H]1CN(CCC(=O)Nc2ccc3[nH]c(=O)[nH]c3c2)C[C@H](C)O1. The van der Waals surface area contributed by atoms with E-state index in [4.69, 9.17) is 4.74 Å². The van der Waals surface area contributed by atoms with Crippen LogP contribution in [0.1, 0.15) is 20.3 Å². The van der Waals surface area contributed by atoms with Crippen LogP contribution in [0.15, 0.2) is 23.0 Å². The summed E-state index contributed by atoms with van der Waals surface area (Å²) in [5, 5.41) is 2.87. The number of aromatic nitrogens is 2. The van der Waals surface area contributed by atoms with Gasteiger partial charge in [-0.15, -0.1) is 0 Å². The highest BCUT2D eigenvalue weighted by molar-refractivity contribution is 5.93. The van der Waals surface area contributed by atoms with E-state index in [9.17, 15) is 9.59 Å². The average Bonchev–Trinajstić information content (AvgIpc) is 2.83. The second-order valence-corrected chi connectivity index (χ2v) is 6.15. The van der Waals surface area contributed by atoms with E-state index in [0.29, 0.717) is 24.2 Å². The van der Waals surface area contributed by atoms with E-state index in [1.807, 2.05) is 0 Å². The lowest BCUT2D eigenvalue weighted by atomic mass is 10.2. The number of rotatable bonds is 4. The predicted octanol–water partition coefficient (Wildman–Crippen LogP) is 1.29. The summed E-state index contributed by atoms with van der Waals surface area (Å²) in [6, 6.07) is 5.31. The Kier molecular flexibility index (Phi) is 4.49. The third kappa shape index (κ3) is 4.00. The molecule has 1 aliphatic heterocycles. The van der Waals surface area contributed by atoms with Crippen molar-refractivity contribution in [1.29, 1.82) is 0 Å². The standard InChI is InChI=1S/C16H22N4O3/c1-10-8-20(9-11(2)23-10)6-5-15(21)17-12-3-4-13-14(7-12)19-16(22)18-13/h3-4,7,10-11H,5-6,8-9H2,1-2H3,(H,17,21)(H2,18,19,22)/t10-,11+. The van der Waals surface area contributed by atoms with Crippen LogP contribution in [0.5, 0.6) is 0 Å². The molecule has 124 valence electrons. The average molecular weight is 318 g/mol. The molecule has 3 rings (SSSR count). The molecule has 2 aromatic rings. The molecule has 1 fully saturated rings. The van der Waals surface area contributed by atoms with Crippen molar-refractivity contribution in [2.75, 3.05) is 25.0 Å². The summed E-state index contributed by atoms with van der Waals surface area (Å²) in [5.41, 5.74) is 1.84. The number of aromatic amines is 2. The smallest absolute Gasteiger partial charge is 0.323 e. The lowest BCUT2D eigenvalue weighted by molar-refractivity contribution is -0.117. The highest BCUT2D eigenvalue weighted by Crippen LogP contribution is 2.15. The summed E-state index contributed by atoms with van der Waals surface area (Å²) in [4.78, 5) is 31.0. The first-order valence-electron chi connectivity index (χ1n) is 7.89. The molecule has 2 heterocycles. The van der Waals surface area contributed by atoms with Crippen LogP contribution < -0.4 is 11.0 Å². The molecule has 0 aliphatic carbocycles. The van der Waals surface area contributed by atoms with Gasteiger partial charge in [-0.2, -0.15) is 0 Å². The number of ether oxygens (including phenoxy) is 1.